The predicted octanol–water partition coefficient (Wildman–Crippen LogP) is 3.63. The van der Waals surface area contributed by atoms with Crippen molar-refractivity contribution in [2.24, 2.45) is 10.9 Å². The Labute approximate surface area is 190 Å². The molecule has 0 aliphatic rings. The van der Waals surface area contributed by atoms with Crippen LogP contribution in [-0.2, 0) is 17.9 Å². The highest BCUT2D eigenvalue weighted by atomic mass is 127. The van der Waals surface area contributed by atoms with Crippen molar-refractivity contribution in [2.75, 3.05) is 18.4 Å². The molecule has 8 heteroatoms. The number of rotatable bonds is 10. The standard InChI is InChI=1S/C21H32N6O.HI/c1-4-17(3)20(28)26-19-10-6-9-18(15-19)16-24-21(22-5-2)23-11-7-13-27-14-8-12-25-27;/h6,8-10,12,14-15,17H,4-5,7,11,13,16H2,1-3H3,(H,26,28)(H2,22,23,24);1H. The molecule has 0 bridgehead atoms. The van der Waals surface area contributed by atoms with Crippen molar-refractivity contribution < 1.29 is 4.79 Å². The number of hydrogen-bond donors (Lipinski definition) is 3. The molecule has 1 atom stereocenters. The monoisotopic (exact) mass is 512 g/mol. The highest BCUT2D eigenvalue weighted by molar-refractivity contribution is 14.0. The number of nitrogens with zero attached hydrogens (tertiary/aromatic N) is 3. The lowest BCUT2D eigenvalue weighted by Gasteiger charge is -2.12. The average Bonchev–Trinajstić information content (AvgIpc) is 3.22. The second-order valence-electron chi connectivity index (χ2n) is 6.74. The summed E-state index contributed by atoms with van der Waals surface area (Å²) < 4.78 is 1.92. The van der Waals surface area contributed by atoms with Crippen LogP contribution in [0.4, 0.5) is 5.69 Å². The lowest BCUT2D eigenvalue weighted by Crippen LogP contribution is -2.38. The van der Waals surface area contributed by atoms with Crippen LogP contribution >= 0.6 is 24.0 Å². The van der Waals surface area contributed by atoms with Gasteiger partial charge in [-0.1, -0.05) is 26.0 Å². The first-order valence-corrected chi connectivity index (χ1v) is 10.0. The topological polar surface area (TPSA) is 83.3 Å². The number of guanidine groups is 1. The molecule has 1 amide bonds. The zero-order chi connectivity index (χ0) is 20.2. The number of amides is 1. The molecule has 0 saturated carbocycles. The maximum absolute atomic E-state index is 12.1. The number of anilines is 1. The number of hydrogen-bond acceptors (Lipinski definition) is 3. The molecule has 2 aromatic rings. The zero-order valence-electron chi connectivity index (χ0n) is 17.5. The zero-order valence-corrected chi connectivity index (χ0v) is 19.8. The highest BCUT2D eigenvalue weighted by Gasteiger charge is 2.10. The first-order chi connectivity index (χ1) is 13.6. The van der Waals surface area contributed by atoms with Crippen LogP contribution in [0.1, 0.15) is 39.2 Å². The smallest absolute Gasteiger partial charge is 0.227 e. The van der Waals surface area contributed by atoms with Gasteiger partial charge in [0.25, 0.3) is 0 Å². The molecule has 29 heavy (non-hydrogen) atoms. The Kier molecular flexibility index (Phi) is 12.0. The van der Waals surface area contributed by atoms with Crippen LogP contribution in [0.5, 0.6) is 0 Å². The van der Waals surface area contributed by atoms with Crippen molar-refractivity contribution in [3.63, 3.8) is 0 Å². The van der Waals surface area contributed by atoms with Gasteiger partial charge in [-0.25, -0.2) is 4.99 Å². The second-order valence-corrected chi connectivity index (χ2v) is 6.74. The summed E-state index contributed by atoms with van der Waals surface area (Å²) in [5, 5.41) is 13.8. The fourth-order valence-corrected chi connectivity index (χ4v) is 2.59. The summed E-state index contributed by atoms with van der Waals surface area (Å²) in [5.74, 6) is 0.848. The number of benzene rings is 1. The molecule has 3 N–H and O–H groups in total. The molecule has 0 radical (unpaired) electrons. The van der Waals surface area contributed by atoms with Crippen molar-refractivity contribution in [2.45, 2.75) is 46.7 Å². The van der Waals surface area contributed by atoms with E-state index in [0.29, 0.717) is 6.54 Å². The molecule has 2 rings (SSSR count). The number of halogens is 1. The molecule has 0 aliphatic carbocycles. The number of nitrogens with one attached hydrogen (secondary N) is 3. The van der Waals surface area contributed by atoms with E-state index in [9.17, 15) is 4.79 Å². The molecule has 0 saturated heterocycles. The van der Waals surface area contributed by atoms with Gasteiger partial charge in [0.15, 0.2) is 5.96 Å². The largest absolute Gasteiger partial charge is 0.357 e. The Hall–Kier alpha value is -2.10. The Morgan fingerprint density at radius 1 is 1.24 bits per heavy atom. The Morgan fingerprint density at radius 2 is 2.07 bits per heavy atom. The average molecular weight is 512 g/mol. The van der Waals surface area contributed by atoms with Crippen molar-refractivity contribution in [3.05, 3.63) is 48.3 Å². The van der Waals surface area contributed by atoms with E-state index >= 15 is 0 Å². The van der Waals surface area contributed by atoms with Crippen LogP contribution < -0.4 is 16.0 Å². The summed E-state index contributed by atoms with van der Waals surface area (Å²) in [5.41, 5.74) is 1.87. The van der Waals surface area contributed by atoms with Crippen molar-refractivity contribution in [1.82, 2.24) is 20.4 Å². The number of aryl methyl sites for hydroxylation is 1. The third-order valence-corrected chi connectivity index (χ3v) is 4.43. The van der Waals surface area contributed by atoms with Gasteiger partial charge in [0.2, 0.25) is 5.91 Å². The quantitative estimate of drug-likeness (QED) is 0.197. The van der Waals surface area contributed by atoms with Crippen molar-refractivity contribution in [1.29, 1.82) is 0 Å². The molecule has 0 fully saturated rings. The summed E-state index contributed by atoms with van der Waals surface area (Å²) in [7, 11) is 0. The van der Waals surface area contributed by atoms with Crippen LogP contribution in [0.15, 0.2) is 47.7 Å². The first kappa shape index (κ1) is 24.9. The maximum Gasteiger partial charge on any atom is 0.227 e. The Bertz CT molecular complexity index is 747. The highest BCUT2D eigenvalue weighted by Crippen LogP contribution is 2.13. The maximum atomic E-state index is 12.1. The first-order valence-electron chi connectivity index (χ1n) is 10.0. The van der Waals surface area contributed by atoms with Gasteiger partial charge >= 0.3 is 0 Å². The van der Waals surface area contributed by atoms with E-state index in [0.717, 1.165) is 49.7 Å². The second kappa shape index (κ2) is 14.0. The summed E-state index contributed by atoms with van der Waals surface area (Å²) in [6.07, 6.45) is 5.54. The van der Waals surface area contributed by atoms with E-state index in [1.165, 1.54) is 0 Å². The van der Waals surface area contributed by atoms with Gasteiger partial charge in [0, 0.05) is 43.6 Å². The molecular formula is C21H33IN6O. The van der Waals surface area contributed by atoms with Crippen LogP contribution in [-0.4, -0.2) is 34.7 Å². The third-order valence-electron chi connectivity index (χ3n) is 4.43. The number of aromatic nitrogens is 2. The molecule has 1 aromatic carbocycles. The molecule has 7 nitrogen and oxygen atoms in total. The third kappa shape index (κ3) is 9.29. The van der Waals surface area contributed by atoms with Gasteiger partial charge in [0.1, 0.15) is 0 Å². The Morgan fingerprint density at radius 3 is 2.76 bits per heavy atom. The number of carbonyl (C=O) groups excluding carboxylic acids is 1. The van der Waals surface area contributed by atoms with E-state index in [1.54, 1.807) is 6.20 Å². The van der Waals surface area contributed by atoms with Crippen molar-refractivity contribution >= 4 is 41.5 Å². The van der Waals surface area contributed by atoms with Crippen molar-refractivity contribution in [3.8, 4) is 0 Å². The fourth-order valence-electron chi connectivity index (χ4n) is 2.59. The molecule has 160 valence electrons. The molecule has 1 aromatic heterocycles. The SMILES string of the molecule is CCNC(=NCc1cccc(NC(=O)C(C)CC)c1)NCCCn1cccn1.I. The lowest BCUT2D eigenvalue weighted by atomic mass is 10.1. The van der Waals surface area contributed by atoms with Gasteiger partial charge in [0.05, 0.1) is 6.54 Å². The van der Waals surface area contributed by atoms with Gasteiger partial charge in [-0.15, -0.1) is 24.0 Å². The Balaban J connectivity index is 0.00000420. The molecule has 0 aliphatic heterocycles. The normalized spacial score (nSPS) is 12.0. The summed E-state index contributed by atoms with van der Waals surface area (Å²) in [4.78, 5) is 16.7. The summed E-state index contributed by atoms with van der Waals surface area (Å²) in [6, 6.07) is 9.78. The fraction of sp³-hybridized carbons (Fsp3) is 0.476. The minimum absolute atomic E-state index is 0. The van der Waals surface area contributed by atoms with E-state index in [2.05, 4.69) is 26.0 Å². The van der Waals surface area contributed by atoms with E-state index < -0.39 is 0 Å². The predicted molar refractivity (Wildman–Crippen MR) is 130 cm³/mol. The molecule has 1 unspecified atom stereocenters. The minimum atomic E-state index is 0. The van der Waals surface area contributed by atoms with Gasteiger partial charge in [-0.2, -0.15) is 5.10 Å². The molecular weight excluding hydrogens is 479 g/mol. The van der Waals surface area contributed by atoms with Crippen LogP contribution in [0, 0.1) is 5.92 Å². The molecule has 1 heterocycles. The van der Waals surface area contributed by atoms with Gasteiger partial charge in [-0.05, 0) is 43.5 Å². The summed E-state index contributed by atoms with van der Waals surface area (Å²) >= 11 is 0. The number of carbonyl (C=O) groups is 1. The summed E-state index contributed by atoms with van der Waals surface area (Å²) in [6.45, 7) is 9.03. The van der Waals surface area contributed by atoms with Crippen LogP contribution in [0.3, 0.4) is 0 Å². The minimum Gasteiger partial charge on any atom is -0.357 e. The molecule has 0 spiro atoms. The number of aliphatic imine (C=N–C) groups is 1. The van der Waals surface area contributed by atoms with Gasteiger partial charge < -0.3 is 16.0 Å². The van der Waals surface area contributed by atoms with E-state index in [1.807, 2.05) is 62.0 Å². The van der Waals surface area contributed by atoms with Gasteiger partial charge in [-0.3, -0.25) is 9.48 Å². The van der Waals surface area contributed by atoms with Crippen LogP contribution in [0.2, 0.25) is 0 Å². The van der Waals surface area contributed by atoms with E-state index in [4.69, 9.17) is 0 Å². The lowest BCUT2D eigenvalue weighted by molar-refractivity contribution is -0.119. The van der Waals surface area contributed by atoms with Crippen LogP contribution in [0.25, 0.3) is 0 Å². The van der Waals surface area contributed by atoms with E-state index in [-0.39, 0.29) is 35.8 Å².